The number of aryl methyl sites for hydroxylation is 2. The molecule has 3 nitrogen and oxygen atoms in total. The highest BCUT2D eigenvalue weighted by molar-refractivity contribution is 5.45. The van der Waals surface area contributed by atoms with Crippen LogP contribution in [0.3, 0.4) is 0 Å². The number of imidazole rings is 1. The number of benzene rings is 1. The van der Waals surface area contributed by atoms with Crippen LogP contribution in [0.25, 0.3) is 5.65 Å². The van der Waals surface area contributed by atoms with E-state index >= 15 is 0 Å². The van der Waals surface area contributed by atoms with Crippen molar-refractivity contribution in [2.24, 2.45) is 5.73 Å². The van der Waals surface area contributed by atoms with Crippen LogP contribution < -0.4 is 5.73 Å². The molecule has 3 heteroatoms. The summed E-state index contributed by atoms with van der Waals surface area (Å²) in [6, 6.07) is 12.7. The van der Waals surface area contributed by atoms with Crippen molar-refractivity contribution in [1.82, 2.24) is 9.38 Å². The molecule has 3 rings (SSSR count). The molecule has 0 aliphatic rings. The molecule has 2 N–H and O–H groups in total. The molecule has 102 valence electrons. The first-order chi connectivity index (χ1) is 9.67. The lowest BCUT2D eigenvalue weighted by Crippen LogP contribution is -2.05. The number of rotatable bonds is 3. The fraction of sp³-hybridized carbons (Fsp3) is 0.235. The molecule has 3 aromatic rings. The summed E-state index contributed by atoms with van der Waals surface area (Å²) in [5.74, 6) is 0. The summed E-state index contributed by atoms with van der Waals surface area (Å²) in [4.78, 5) is 4.73. The van der Waals surface area contributed by atoms with Gasteiger partial charge in [0, 0.05) is 19.2 Å². The Hall–Kier alpha value is -2.13. The van der Waals surface area contributed by atoms with Crippen LogP contribution in [-0.2, 0) is 13.0 Å². The minimum absolute atomic E-state index is 0.506. The van der Waals surface area contributed by atoms with Crippen molar-refractivity contribution >= 4 is 5.65 Å². The van der Waals surface area contributed by atoms with Crippen molar-refractivity contribution < 1.29 is 0 Å². The van der Waals surface area contributed by atoms with Crippen LogP contribution in [0.5, 0.6) is 0 Å². The minimum Gasteiger partial charge on any atom is -0.325 e. The molecule has 20 heavy (non-hydrogen) atoms. The molecule has 1 aromatic carbocycles. The topological polar surface area (TPSA) is 43.3 Å². The molecule has 0 aliphatic carbocycles. The number of hydrogen-bond donors (Lipinski definition) is 1. The zero-order chi connectivity index (χ0) is 14.1. The summed E-state index contributed by atoms with van der Waals surface area (Å²) in [6.45, 7) is 4.70. The largest absolute Gasteiger partial charge is 0.325 e. The average molecular weight is 265 g/mol. The maximum atomic E-state index is 5.93. The number of pyridine rings is 1. The van der Waals surface area contributed by atoms with E-state index in [0.29, 0.717) is 6.54 Å². The lowest BCUT2D eigenvalue weighted by Gasteiger charge is -2.04. The molecule has 0 fully saturated rings. The molecule has 0 saturated carbocycles. The zero-order valence-corrected chi connectivity index (χ0v) is 11.9. The Kier molecular flexibility index (Phi) is 3.28. The predicted octanol–water partition coefficient (Wildman–Crippen LogP) is 3.00. The monoisotopic (exact) mass is 265 g/mol. The second-order valence-corrected chi connectivity index (χ2v) is 5.31. The van der Waals surface area contributed by atoms with Gasteiger partial charge in [-0.15, -0.1) is 0 Å². The van der Waals surface area contributed by atoms with Crippen LogP contribution in [0.4, 0.5) is 0 Å². The van der Waals surface area contributed by atoms with Gasteiger partial charge in [-0.1, -0.05) is 35.9 Å². The molecule has 0 bridgehead atoms. The van der Waals surface area contributed by atoms with Gasteiger partial charge < -0.3 is 10.1 Å². The lowest BCUT2D eigenvalue weighted by molar-refractivity contribution is 0.922. The van der Waals surface area contributed by atoms with Gasteiger partial charge in [0.2, 0.25) is 0 Å². The van der Waals surface area contributed by atoms with Gasteiger partial charge in [0.15, 0.2) is 0 Å². The van der Waals surface area contributed by atoms with Gasteiger partial charge in [0.1, 0.15) is 5.65 Å². The van der Waals surface area contributed by atoms with Gasteiger partial charge >= 0.3 is 0 Å². The Bertz CT molecular complexity index is 756. The molecule has 0 amide bonds. The second kappa shape index (κ2) is 5.10. The van der Waals surface area contributed by atoms with Gasteiger partial charge in [-0.2, -0.15) is 0 Å². The highest BCUT2D eigenvalue weighted by Gasteiger charge is 2.11. The summed E-state index contributed by atoms with van der Waals surface area (Å²) >= 11 is 0. The van der Waals surface area contributed by atoms with Gasteiger partial charge in [-0.25, -0.2) is 4.98 Å². The van der Waals surface area contributed by atoms with E-state index in [1.807, 2.05) is 6.07 Å². The Balaban J connectivity index is 2.07. The smallest absolute Gasteiger partial charge is 0.137 e. The van der Waals surface area contributed by atoms with E-state index in [1.165, 1.54) is 16.7 Å². The van der Waals surface area contributed by atoms with Crippen molar-refractivity contribution in [2.45, 2.75) is 26.8 Å². The van der Waals surface area contributed by atoms with Crippen molar-refractivity contribution in [2.75, 3.05) is 0 Å². The van der Waals surface area contributed by atoms with Crippen molar-refractivity contribution in [1.29, 1.82) is 0 Å². The summed E-state index contributed by atoms with van der Waals surface area (Å²) < 4.78 is 2.11. The van der Waals surface area contributed by atoms with Gasteiger partial charge in [-0.3, -0.25) is 0 Å². The maximum Gasteiger partial charge on any atom is 0.137 e. The Morgan fingerprint density at radius 3 is 2.70 bits per heavy atom. The Morgan fingerprint density at radius 2 is 1.95 bits per heavy atom. The third kappa shape index (κ3) is 2.32. The molecular weight excluding hydrogens is 246 g/mol. The number of nitrogens with zero attached hydrogens (tertiary/aromatic N) is 2. The highest BCUT2D eigenvalue weighted by Crippen LogP contribution is 2.17. The van der Waals surface area contributed by atoms with E-state index in [4.69, 9.17) is 10.7 Å². The number of hydrogen-bond acceptors (Lipinski definition) is 2. The molecule has 0 unspecified atom stereocenters. The average Bonchev–Trinajstić information content (AvgIpc) is 2.75. The third-order valence-electron chi connectivity index (χ3n) is 3.60. The molecule has 0 radical (unpaired) electrons. The van der Waals surface area contributed by atoms with Gasteiger partial charge in [0.25, 0.3) is 0 Å². The standard InChI is InChI=1S/C17H19N3/c1-12-4-3-5-14(8-12)9-15-16(10-18)20-11-13(2)6-7-17(20)19-15/h3-8,11H,9-10,18H2,1-2H3. The minimum atomic E-state index is 0.506. The molecular formula is C17H19N3. The second-order valence-electron chi connectivity index (χ2n) is 5.31. The number of nitrogens with two attached hydrogens (primary N) is 1. The van der Waals surface area contributed by atoms with Crippen LogP contribution in [0, 0.1) is 13.8 Å². The van der Waals surface area contributed by atoms with E-state index in [-0.39, 0.29) is 0 Å². The zero-order valence-electron chi connectivity index (χ0n) is 11.9. The van der Waals surface area contributed by atoms with Gasteiger partial charge in [-0.05, 0) is 31.0 Å². The Morgan fingerprint density at radius 1 is 1.10 bits per heavy atom. The van der Waals surface area contributed by atoms with Crippen LogP contribution >= 0.6 is 0 Å². The van der Waals surface area contributed by atoms with Crippen LogP contribution in [0.1, 0.15) is 28.1 Å². The summed E-state index contributed by atoms with van der Waals surface area (Å²) in [5, 5.41) is 0. The fourth-order valence-corrected chi connectivity index (χ4v) is 2.62. The van der Waals surface area contributed by atoms with Crippen LogP contribution in [-0.4, -0.2) is 9.38 Å². The van der Waals surface area contributed by atoms with Crippen LogP contribution in [0.15, 0.2) is 42.6 Å². The van der Waals surface area contributed by atoms with E-state index in [9.17, 15) is 0 Å². The van der Waals surface area contributed by atoms with E-state index in [1.54, 1.807) is 0 Å². The van der Waals surface area contributed by atoms with Crippen molar-refractivity contribution in [3.05, 3.63) is 70.7 Å². The van der Waals surface area contributed by atoms with Crippen molar-refractivity contribution in [3.8, 4) is 0 Å². The van der Waals surface area contributed by atoms with E-state index in [2.05, 4.69) is 54.8 Å². The molecule has 0 saturated heterocycles. The summed E-state index contributed by atoms with van der Waals surface area (Å²) in [5.41, 5.74) is 12.8. The molecule has 2 heterocycles. The first-order valence-electron chi connectivity index (χ1n) is 6.89. The third-order valence-corrected chi connectivity index (χ3v) is 3.60. The van der Waals surface area contributed by atoms with Crippen LogP contribution in [0.2, 0.25) is 0 Å². The molecule has 0 aliphatic heterocycles. The summed E-state index contributed by atoms with van der Waals surface area (Å²) in [6.07, 6.45) is 2.93. The SMILES string of the molecule is Cc1cccc(Cc2nc3ccc(C)cn3c2CN)c1. The van der Waals surface area contributed by atoms with Crippen molar-refractivity contribution in [3.63, 3.8) is 0 Å². The lowest BCUT2D eigenvalue weighted by atomic mass is 10.1. The quantitative estimate of drug-likeness (QED) is 0.791. The maximum absolute atomic E-state index is 5.93. The Labute approximate surface area is 119 Å². The predicted molar refractivity (Wildman–Crippen MR) is 81.8 cm³/mol. The first-order valence-corrected chi connectivity index (χ1v) is 6.89. The summed E-state index contributed by atoms with van der Waals surface area (Å²) in [7, 11) is 0. The fourth-order valence-electron chi connectivity index (χ4n) is 2.62. The van der Waals surface area contributed by atoms with Gasteiger partial charge in [0.05, 0.1) is 11.4 Å². The molecule has 2 aromatic heterocycles. The highest BCUT2D eigenvalue weighted by atomic mass is 15.0. The molecule has 0 atom stereocenters. The van der Waals surface area contributed by atoms with E-state index in [0.717, 1.165) is 23.5 Å². The normalized spacial score (nSPS) is 11.2. The number of fused-ring (bicyclic) bond motifs is 1. The van der Waals surface area contributed by atoms with E-state index < -0.39 is 0 Å². The number of aromatic nitrogens is 2. The first kappa shape index (κ1) is 12.9. The molecule has 0 spiro atoms.